The van der Waals surface area contributed by atoms with Crippen molar-refractivity contribution >= 4 is 11.9 Å². The molecular weight excluding hydrogens is 332 g/mol. The van der Waals surface area contributed by atoms with Crippen LogP contribution in [-0.4, -0.2) is 55.7 Å². The van der Waals surface area contributed by atoms with Crippen LogP contribution in [-0.2, 0) is 16.1 Å². The van der Waals surface area contributed by atoms with Gasteiger partial charge in [-0.25, -0.2) is 4.98 Å². The summed E-state index contributed by atoms with van der Waals surface area (Å²) in [5.41, 5.74) is 1.08. The number of aliphatic imine (C=N–C) groups is 1. The van der Waals surface area contributed by atoms with Crippen LogP contribution >= 0.6 is 0 Å². The smallest absolute Gasteiger partial charge is 0.308 e. The van der Waals surface area contributed by atoms with E-state index in [1.807, 2.05) is 18.3 Å². The minimum absolute atomic E-state index is 0.00161. The number of methoxy groups -OCH3 is 1. The second-order valence-corrected chi connectivity index (χ2v) is 6.94. The second-order valence-electron chi connectivity index (χ2n) is 6.94. The highest BCUT2D eigenvalue weighted by atomic mass is 16.5. The predicted molar refractivity (Wildman–Crippen MR) is 99.0 cm³/mol. The van der Waals surface area contributed by atoms with E-state index in [4.69, 9.17) is 9.47 Å². The molecule has 0 spiro atoms. The van der Waals surface area contributed by atoms with E-state index in [0.29, 0.717) is 12.4 Å². The molecule has 7 nitrogen and oxygen atoms in total. The number of likely N-dealkylation sites (tertiary alicyclic amines) is 1. The number of hydrogen-bond acceptors (Lipinski definition) is 5. The first-order valence-corrected chi connectivity index (χ1v) is 9.30. The number of piperidine rings is 1. The van der Waals surface area contributed by atoms with Crippen LogP contribution in [0.15, 0.2) is 23.3 Å². The fourth-order valence-electron chi connectivity index (χ4n) is 3.10. The Bertz CT molecular complexity index is 620. The van der Waals surface area contributed by atoms with Crippen LogP contribution in [0.2, 0.25) is 0 Å². The molecule has 1 aliphatic carbocycles. The number of pyridine rings is 1. The summed E-state index contributed by atoms with van der Waals surface area (Å²) in [4.78, 5) is 22.5. The molecule has 0 unspecified atom stereocenters. The molecule has 0 aromatic carbocycles. The topological polar surface area (TPSA) is 76.1 Å². The summed E-state index contributed by atoms with van der Waals surface area (Å²) < 4.78 is 10.5. The van der Waals surface area contributed by atoms with Gasteiger partial charge in [0.1, 0.15) is 0 Å². The minimum Gasteiger partial charge on any atom is -0.477 e. The molecular formula is C19H28N4O3. The Kier molecular flexibility index (Phi) is 6.30. The van der Waals surface area contributed by atoms with Gasteiger partial charge in [0.05, 0.1) is 19.6 Å². The summed E-state index contributed by atoms with van der Waals surface area (Å²) >= 11 is 0. The molecule has 1 saturated carbocycles. The molecule has 0 amide bonds. The van der Waals surface area contributed by atoms with Crippen molar-refractivity contribution in [2.24, 2.45) is 16.8 Å². The number of rotatable bonds is 6. The van der Waals surface area contributed by atoms with Gasteiger partial charge in [-0.05, 0) is 37.2 Å². The first-order valence-electron chi connectivity index (χ1n) is 9.30. The summed E-state index contributed by atoms with van der Waals surface area (Å²) in [7, 11) is 3.23. The van der Waals surface area contributed by atoms with Gasteiger partial charge < -0.3 is 19.7 Å². The maximum absolute atomic E-state index is 11.6. The highest BCUT2D eigenvalue weighted by molar-refractivity contribution is 5.80. The molecule has 142 valence electrons. The quantitative estimate of drug-likeness (QED) is 0.474. The summed E-state index contributed by atoms with van der Waals surface area (Å²) in [6.45, 7) is 3.02. The molecule has 1 aromatic rings. The molecule has 2 aliphatic rings. The number of hydrogen-bond donors (Lipinski definition) is 1. The Morgan fingerprint density at radius 3 is 2.65 bits per heavy atom. The number of aromatic nitrogens is 1. The molecule has 1 aliphatic heterocycles. The zero-order valence-electron chi connectivity index (χ0n) is 15.6. The molecule has 2 fully saturated rings. The lowest BCUT2D eigenvalue weighted by atomic mass is 9.97. The number of ether oxygens (including phenoxy) is 2. The van der Waals surface area contributed by atoms with Gasteiger partial charge in [-0.1, -0.05) is 6.07 Å². The van der Waals surface area contributed by atoms with E-state index >= 15 is 0 Å². The van der Waals surface area contributed by atoms with Gasteiger partial charge in [0.25, 0.3) is 0 Å². The highest BCUT2D eigenvalue weighted by Crippen LogP contribution is 2.29. The zero-order valence-corrected chi connectivity index (χ0v) is 15.6. The first-order chi connectivity index (χ1) is 12.7. The standard InChI is InChI=1S/C19H28N4O3/c1-20-19(23-9-7-16(8-10-23)18(24)25-2)22-12-15-5-6-17(21-11-15)26-13-14-3-4-14/h5-6,11,14,16H,3-4,7-10,12-13H2,1-2H3,(H,20,22). The van der Waals surface area contributed by atoms with Crippen molar-refractivity contribution in [3.63, 3.8) is 0 Å². The monoisotopic (exact) mass is 360 g/mol. The Balaban J connectivity index is 1.44. The molecule has 1 N–H and O–H groups in total. The van der Waals surface area contributed by atoms with Crippen molar-refractivity contribution in [3.8, 4) is 5.88 Å². The van der Waals surface area contributed by atoms with Crippen LogP contribution in [0, 0.1) is 11.8 Å². The molecule has 2 heterocycles. The Hall–Kier alpha value is -2.31. The number of guanidine groups is 1. The Morgan fingerprint density at radius 1 is 1.31 bits per heavy atom. The van der Waals surface area contributed by atoms with E-state index in [1.165, 1.54) is 20.0 Å². The fraction of sp³-hybridized carbons (Fsp3) is 0.632. The SMILES string of the molecule is CN=C(NCc1ccc(OCC2CC2)nc1)N1CCC(C(=O)OC)CC1. The Labute approximate surface area is 154 Å². The third-order valence-corrected chi connectivity index (χ3v) is 4.95. The van der Waals surface area contributed by atoms with Crippen LogP contribution in [0.25, 0.3) is 0 Å². The van der Waals surface area contributed by atoms with Crippen LogP contribution < -0.4 is 10.1 Å². The van der Waals surface area contributed by atoms with Crippen LogP contribution in [0.5, 0.6) is 5.88 Å². The maximum Gasteiger partial charge on any atom is 0.308 e. The number of nitrogens with one attached hydrogen (secondary N) is 1. The normalized spacial score (nSPS) is 18.5. The number of esters is 1. The largest absolute Gasteiger partial charge is 0.477 e. The molecule has 1 saturated heterocycles. The van der Waals surface area contributed by atoms with Gasteiger partial charge >= 0.3 is 5.97 Å². The number of carbonyl (C=O) groups excluding carboxylic acids is 1. The van der Waals surface area contributed by atoms with Crippen molar-refractivity contribution in [1.29, 1.82) is 0 Å². The van der Waals surface area contributed by atoms with Crippen LogP contribution in [0.1, 0.15) is 31.2 Å². The summed E-state index contributed by atoms with van der Waals surface area (Å²) in [5, 5.41) is 3.37. The lowest BCUT2D eigenvalue weighted by molar-refractivity contribution is -0.146. The van der Waals surface area contributed by atoms with Gasteiger partial charge in [-0.2, -0.15) is 0 Å². The zero-order chi connectivity index (χ0) is 18.4. The predicted octanol–water partition coefficient (Wildman–Crippen LogP) is 1.83. The van der Waals surface area contributed by atoms with Crippen LogP contribution in [0.3, 0.4) is 0 Å². The average Bonchev–Trinajstić information content (AvgIpc) is 3.52. The van der Waals surface area contributed by atoms with Crippen molar-refractivity contribution in [2.45, 2.75) is 32.2 Å². The first kappa shape index (κ1) is 18.5. The fourth-order valence-corrected chi connectivity index (χ4v) is 3.10. The van der Waals surface area contributed by atoms with Gasteiger partial charge in [-0.3, -0.25) is 9.79 Å². The molecule has 3 rings (SSSR count). The van der Waals surface area contributed by atoms with E-state index in [0.717, 1.165) is 50.0 Å². The van der Waals surface area contributed by atoms with E-state index in [1.54, 1.807) is 7.05 Å². The molecule has 7 heteroatoms. The van der Waals surface area contributed by atoms with Gasteiger partial charge in [0, 0.05) is 38.9 Å². The van der Waals surface area contributed by atoms with Crippen molar-refractivity contribution < 1.29 is 14.3 Å². The highest BCUT2D eigenvalue weighted by Gasteiger charge is 2.27. The van der Waals surface area contributed by atoms with Crippen molar-refractivity contribution in [3.05, 3.63) is 23.9 Å². The maximum atomic E-state index is 11.6. The molecule has 0 radical (unpaired) electrons. The van der Waals surface area contributed by atoms with Gasteiger partial charge in [0.2, 0.25) is 5.88 Å². The van der Waals surface area contributed by atoms with E-state index in [9.17, 15) is 4.79 Å². The van der Waals surface area contributed by atoms with Crippen molar-refractivity contribution in [2.75, 3.05) is 33.9 Å². The lowest BCUT2D eigenvalue weighted by Crippen LogP contribution is -2.46. The minimum atomic E-state index is -0.109. The van der Waals surface area contributed by atoms with E-state index < -0.39 is 0 Å². The van der Waals surface area contributed by atoms with Gasteiger partial charge in [0.15, 0.2) is 5.96 Å². The molecule has 0 atom stereocenters. The van der Waals surface area contributed by atoms with Crippen LogP contribution in [0.4, 0.5) is 0 Å². The summed E-state index contributed by atoms with van der Waals surface area (Å²) in [6.07, 6.45) is 5.98. The number of nitrogens with zero attached hydrogens (tertiary/aromatic N) is 3. The third-order valence-electron chi connectivity index (χ3n) is 4.95. The van der Waals surface area contributed by atoms with E-state index in [2.05, 4.69) is 20.2 Å². The summed E-state index contributed by atoms with van der Waals surface area (Å²) in [5.74, 6) is 2.16. The molecule has 0 bridgehead atoms. The lowest BCUT2D eigenvalue weighted by Gasteiger charge is -2.33. The summed E-state index contributed by atoms with van der Waals surface area (Å²) in [6, 6.07) is 3.95. The average molecular weight is 360 g/mol. The molecule has 1 aromatic heterocycles. The van der Waals surface area contributed by atoms with Crippen molar-refractivity contribution in [1.82, 2.24) is 15.2 Å². The van der Waals surface area contributed by atoms with Gasteiger partial charge in [-0.15, -0.1) is 0 Å². The third kappa shape index (κ3) is 5.09. The van der Waals surface area contributed by atoms with E-state index in [-0.39, 0.29) is 11.9 Å². The second kappa shape index (κ2) is 8.87. The Morgan fingerprint density at radius 2 is 2.08 bits per heavy atom. The molecule has 26 heavy (non-hydrogen) atoms. The number of carbonyl (C=O) groups is 1.